The van der Waals surface area contributed by atoms with E-state index >= 15 is 0 Å². The van der Waals surface area contributed by atoms with Gasteiger partial charge in [0.1, 0.15) is 6.10 Å². The van der Waals surface area contributed by atoms with Gasteiger partial charge in [-0.1, -0.05) is 5.92 Å². The normalized spacial score (nSPS) is 12.5. The molecule has 1 heterocycles. The summed E-state index contributed by atoms with van der Waals surface area (Å²) in [5.41, 5.74) is 1.92. The van der Waals surface area contributed by atoms with Gasteiger partial charge < -0.3 is 5.11 Å². The predicted octanol–water partition coefficient (Wildman–Crippen LogP) is 1.72. The monoisotopic (exact) mass is 152 g/mol. The van der Waals surface area contributed by atoms with E-state index in [1.165, 1.54) is 0 Å². The van der Waals surface area contributed by atoms with E-state index in [4.69, 9.17) is 11.5 Å². The minimum atomic E-state index is -0.730. The summed E-state index contributed by atoms with van der Waals surface area (Å²) in [6, 6.07) is 0. The molecule has 0 aliphatic carbocycles. The van der Waals surface area contributed by atoms with Crippen LogP contribution in [-0.4, -0.2) is 5.11 Å². The Labute approximate surface area is 64.3 Å². The van der Waals surface area contributed by atoms with Crippen LogP contribution in [0.3, 0.4) is 0 Å². The van der Waals surface area contributed by atoms with Crippen LogP contribution in [0, 0.1) is 19.3 Å². The summed E-state index contributed by atoms with van der Waals surface area (Å²) in [7, 11) is 0. The summed E-state index contributed by atoms with van der Waals surface area (Å²) < 4.78 is 0. The van der Waals surface area contributed by atoms with E-state index in [1.807, 2.05) is 17.7 Å². The first-order valence-corrected chi connectivity index (χ1v) is 3.87. The third-order valence-electron chi connectivity index (χ3n) is 1.35. The number of hydrogen-bond acceptors (Lipinski definition) is 2. The minimum Gasteiger partial charge on any atom is -0.376 e. The first kappa shape index (κ1) is 7.33. The number of aryl methyl sites for hydroxylation is 1. The Kier molecular flexibility index (Phi) is 2.10. The predicted molar refractivity (Wildman–Crippen MR) is 42.8 cm³/mol. The maximum Gasteiger partial charge on any atom is 0.141 e. The van der Waals surface area contributed by atoms with Gasteiger partial charge in [-0.2, -0.15) is 11.3 Å². The molecule has 0 saturated carbocycles. The Hall–Kier alpha value is -0.780. The lowest BCUT2D eigenvalue weighted by atomic mass is 10.1. The molecule has 52 valence electrons. The van der Waals surface area contributed by atoms with Gasteiger partial charge in [0.25, 0.3) is 0 Å². The van der Waals surface area contributed by atoms with Crippen molar-refractivity contribution in [3.05, 3.63) is 21.9 Å². The van der Waals surface area contributed by atoms with Gasteiger partial charge >= 0.3 is 0 Å². The van der Waals surface area contributed by atoms with Crippen LogP contribution in [0.5, 0.6) is 0 Å². The molecule has 1 unspecified atom stereocenters. The van der Waals surface area contributed by atoms with Gasteiger partial charge in [0.05, 0.1) is 0 Å². The molecule has 0 aromatic carbocycles. The zero-order valence-electron chi connectivity index (χ0n) is 5.66. The molecular weight excluding hydrogens is 144 g/mol. The zero-order chi connectivity index (χ0) is 7.56. The molecule has 0 amide bonds. The van der Waals surface area contributed by atoms with Crippen molar-refractivity contribution in [1.82, 2.24) is 0 Å². The quantitative estimate of drug-likeness (QED) is 0.607. The molecule has 1 rings (SSSR count). The zero-order valence-corrected chi connectivity index (χ0v) is 6.48. The summed E-state index contributed by atoms with van der Waals surface area (Å²) in [6.45, 7) is 1.94. The number of aliphatic hydroxyl groups is 1. The number of terminal acetylenes is 1. The fourth-order valence-corrected chi connectivity index (χ4v) is 1.61. The van der Waals surface area contributed by atoms with Crippen LogP contribution < -0.4 is 0 Å². The highest BCUT2D eigenvalue weighted by molar-refractivity contribution is 7.08. The molecule has 0 bridgehead atoms. The highest BCUT2D eigenvalue weighted by Crippen LogP contribution is 2.20. The first-order valence-electron chi connectivity index (χ1n) is 2.92. The molecule has 1 aromatic rings. The molecule has 1 nitrogen and oxygen atoms in total. The molecule has 1 atom stereocenters. The fraction of sp³-hybridized carbons (Fsp3) is 0.250. The summed E-state index contributed by atoms with van der Waals surface area (Å²) in [4.78, 5) is 0. The van der Waals surface area contributed by atoms with Crippen LogP contribution in [0.2, 0.25) is 0 Å². The second-order valence-corrected chi connectivity index (χ2v) is 2.82. The van der Waals surface area contributed by atoms with E-state index in [1.54, 1.807) is 11.3 Å². The average Bonchev–Trinajstić information content (AvgIpc) is 2.34. The lowest BCUT2D eigenvalue weighted by Crippen LogP contribution is -1.91. The smallest absolute Gasteiger partial charge is 0.141 e. The van der Waals surface area contributed by atoms with Gasteiger partial charge in [-0.3, -0.25) is 0 Å². The van der Waals surface area contributed by atoms with Crippen molar-refractivity contribution < 1.29 is 5.11 Å². The number of hydrogen-bond donors (Lipinski definition) is 1. The molecule has 0 fully saturated rings. The maximum atomic E-state index is 9.17. The van der Waals surface area contributed by atoms with Crippen LogP contribution in [0.15, 0.2) is 10.8 Å². The van der Waals surface area contributed by atoms with E-state index < -0.39 is 6.10 Å². The van der Waals surface area contributed by atoms with Crippen molar-refractivity contribution in [2.45, 2.75) is 13.0 Å². The van der Waals surface area contributed by atoms with E-state index in [0.29, 0.717) is 0 Å². The average molecular weight is 152 g/mol. The molecule has 0 aliphatic rings. The fourth-order valence-electron chi connectivity index (χ4n) is 0.740. The van der Waals surface area contributed by atoms with Gasteiger partial charge in [0.15, 0.2) is 0 Å². The van der Waals surface area contributed by atoms with E-state index in [9.17, 15) is 0 Å². The van der Waals surface area contributed by atoms with Crippen LogP contribution >= 0.6 is 11.3 Å². The van der Waals surface area contributed by atoms with E-state index in [2.05, 4.69) is 5.92 Å². The van der Waals surface area contributed by atoms with Crippen molar-refractivity contribution in [2.24, 2.45) is 0 Å². The van der Waals surface area contributed by atoms with Gasteiger partial charge in [-0.15, -0.1) is 6.42 Å². The summed E-state index contributed by atoms with van der Waals surface area (Å²) in [5, 5.41) is 13.0. The van der Waals surface area contributed by atoms with Crippen molar-refractivity contribution in [3.63, 3.8) is 0 Å². The molecule has 1 N–H and O–H groups in total. The molecule has 0 aliphatic heterocycles. The molecular formula is C8H8OS. The van der Waals surface area contributed by atoms with Gasteiger partial charge in [0.2, 0.25) is 0 Å². The highest BCUT2D eigenvalue weighted by Gasteiger charge is 2.06. The van der Waals surface area contributed by atoms with E-state index in [-0.39, 0.29) is 0 Å². The molecule has 0 radical (unpaired) electrons. The molecule has 0 saturated heterocycles. The second-order valence-electron chi connectivity index (χ2n) is 2.08. The van der Waals surface area contributed by atoms with Crippen LogP contribution in [0.25, 0.3) is 0 Å². The van der Waals surface area contributed by atoms with Crippen LogP contribution in [0.4, 0.5) is 0 Å². The van der Waals surface area contributed by atoms with Crippen molar-refractivity contribution in [1.29, 1.82) is 0 Å². The topological polar surface area (TPSA) is 20.2 Å². The second kappa shape index (κ2) is 2.87. The standard InChI is InChI=1S/C8H8OS/c1-3-8(9)7-5-10-4-6(7)2/h1,4-5,8-9H,2H3. The third kappa shape index (κ3) is 1.21. The highest BCUT2D eigenvalue weighted by atomic mass is 32.1. The molecule has 0 spiro atoms. The Morgan fingerprint density at radius 3 is 2.80 bits per heavy atom. The minimum absolute atomic E-state index is 0.730. The Balaban J connectivity index is 2.96. The number of rotatable bonds is 1. The van der Waals surface area contributed by atoms with Gasteiger partial charge in [-0.05, 0) is 23.2 Å². The SMILES string of the molecule is C#CC(O)c1cscc1C. The Morgan fingerprint density at radius 1 is 1.70 bits per heavy atom. The lowest BCUT2D eigenvalue weighted by Gasteiger charge is -1.99. The van der Waals surface area contributed by atoms with Crippen LogP contribution in [-0.2, 0) is 0 Å². The summed E-state index contributed by atoms with van der Waals surface area (Å²) in [6.07, 6.45) is 4.31. The van der Waals surface area contributed by atoms with E-state index in [0.717, 1.165) is 11.1 Å². The summed E-state index contributed by atoms with van der Waals surface area (Å²) >= 11 is 1.55. The largest absolute Gasteiger partial charge is 0.376 e. The van der Waals surface area contributed by atoms with Gasteiger partial charge in [-0.25, -0.2) is 0 Å². The molecule has 2 heteroatoms. The third-order valence-corrected chi connectivity index (χ3v) is 2.23. The Morgan fingerprint density at radius 2 is 2.40 bits per heavy atom. The lowest BCUT2D eigenvalue weighted by molar-refractivity contribution is 0.238. The van der Waals surface area contributed by atoms with Crippen molar-refractivity contribution >= 4 is 11.3 Å². The van der Waals surface area contributed by atoms with Crippen molar-refractivity contribution in [2.75, 3.05) is 0 Å². The van der Waals surface area contributed by atoms with Gasteiger partial charge in [0, 0.05) is 5.56 Å². The maximum absolute atomic E-state index is 9.17. The summed E-state index contributed by atoms with van der Waals surface area (Å²) in [5.74, 6) is 2.27. The first-order chi connectivity index (χ1) is 4.75. The molecule has 1 aromatic heterocycles. The van der Waals surface area contributed by atoms with Crippen molar-refractivity contribution in [3.8, 4) is 12.3 Å². The number of thiophene rings is 1. The van der Waals surface area contributed by atoms with Crippen LogP contribution in [0.1, 0.15) is 17.2 Å². The molecule has 10 heavy (non-hydrogen) atoms. The Bertz CT molecular complexity index is 256. The number of aliphatic hydroxyl groups excluding tert-OH is 1.